The van der Waals surface area contributed by atoms with Gasteiger partial charge in [0.1, 0.15) is 0 Å². The van der Waals surface area contributed by atoms with Crippen LogP contribution in [0.15, 0.2) is 59.5 Å². The number of para-hydroxylation sites is 1. The van der Waals surface area contributed by atoms with Crippen LogP contribution in [0.3, 0.4) is 0 Å². The number of aryl methyl sites for hydroxylation is 1. The Morgan fingerprint density at radius 2 is 1.68 bits per heavy atom. The molecule has 2 heteroatoms. The summed E-state index contributed by atoms with van der Waals surface area (Å²) in [5.74, 6) is 1.15. The maximum atomic E-state index is 4.82. The van der Waals surface area contributed by atoms with E-state index < -0.39 is 0 Å². The predicted octanol–water partition coefficient (Wildman–Crippen LogP) is 4.55. The molecule has 0 amide bonds. The quantitative estimate of drug-likeness (QED) is 0.639. The third-order valence-electron chi connectivity index (χ3n) is 3.57. The second kappa shape index (κ2) is 4.39. The van der Waals surface area contributed by atoms with Crippen LogP contribution in [0, 0.1) is 0 Å². The van der Waals surface area contributed by atoms with Gasteiger partial charge >= 0.3 is 0 Å². The first-order valence-electron chi connectivity index (χ1n) is 6.53. The van der Waals surface area contributed by atoms with Gasteiger partial charge in [-0.3, -0.25) is 4.98 Å². The van der Waals surface area contributed by atoms with Crippen molar-refractivity contribution >= 4 is 22.7 Å². The van der Waals surface area contributed by atoms with Gasteiger partial charge < -0.3 is 0 Å². The van der Waals surface area contributed by atoms with Gasteiger partial charge in [0.2, 0.25) is 0 Å². The Morgan fingerprint density at radius 3 is 2.58 bits per heavy atom. The van der Waals surface area contributed by atoms with Crippen molar-refractivity contribution in [3.05, 3.63) is 60.3 Å². The molecule has 1 nitrogen and oxygen atoms in total. The van der Waals surface area contributed by atoms with Crippen LogP contribution in [-0.4, -0.2) is 10.7 Å². The zero-order valence-electron chi connectivity index (χ0n) is 10.5. The second-order valence-electron chi connectivity index (χ2n) is 4.74. The van der Waals surface area contributed by atoms with Crippen LogP contribution in [0.2, 0.25) is 0 Å². The third kappa shape index (κ3) is 1.75. The summed E-state index contributed by atoms with van der Waals surface area (Å²) in [6.45, 7) is 0. The Bertz CT molecular complexity index is 750. The summed E-state index contributed by atoms with van der Waals surface area (Å²) >= 11 is 1.94. The number of thioether (sulfide) groups is 1. The fraction of sp³-hybridized carbons (Fsp3) is 0.118. The molecule has 92 valence electrons. The Morgan fingerprint density at radius 1 is 0.895 bits per heavy atom. The van der Waals surface area contributed by atoms with Crippen LogP contribution >= 0.6 is 11.8 Å². The standard InChI is InChI=1S/C17H13NS/c1-2-6-12(7-3-1)16-13-8-4-5-9-14(13)18-15-10-11-19-17(15)16/h1-9H,10-11H2. The van der Waals surface area contributed by atoms with Crippen molar-refractivity contribution in [1.29, 1.82) is 0 Å². The molecule has 2 heterocycles. The zero-order valence-corrected chi connectivity index (χ0v) is 11.3. The van der Waals surface area contributed by atoms with Crippen molar-refractivity contribution in [1.82, 2.24) is 4.98 Å². The maximum absolute atomic E-state index is 4.82. The summed E-state index contributed by atoms with van der Waals surface area (Å²) in [5, 5.41) is 1.27. The molecule has 0 N–H and O–H groups in total. The largest absolute Gasteiger partial charge is 0.252 e. The number of hydrogen-bond donors (Lipinski definition) is 0. The third-order valence-corrected chi connectivity index (χ3v) is 4.70. The Hall–Kier alpha value is -1.80. The fourth-order valence-corrected chi connectivity index (χ4v) is 3.90. The van der Waals surface area contributed by atoms with Crippen molar-refractivity contribution in [3.63, 3.8) is 0 Å². The van der Waals surface area contributed by atoms with Gasteiger partial charge in [-0.25, -0.2) is 0 Å². The monoisotopic (exact) mass is 263 g/mol. The molecule has 0 aliphatic carbocycles. The van der Waals surface area contributed by atoms with Gasteiger partial charge in [0, 0.05) is 28.0 Å². The average Bonchev–Trinajstić information content (AvgIpc) is 2.93. The first-order valence-corrected chi connectivity index (χ1v) is 7.52. The number of pyridine rings is 1. The molecule has 0 saturated heterocycles. The smallest absolute Gasteiger partial charge is 0.0712 e. The van der Waals surface area contributed by atoms with Crippen LogP contribution in [0.25, 0.3) is 22.0 Å². The lowest BCUT2D eigenvalue weighted by Gasteiger charge is -2.11. The summed E-state index contributed by atoms with van der Waals surface area (Å²) in [7, 11) is 0. The molecule has 0 fully saturated rings. The lowest BCUT2D eigenvalue weighted by molar-refractivity contribution is 1.05. The molecule has 2 aromatic carbocycles. The molecule has 0 bridgehead atoms. The summed E-state index contributed by atoms with van der Waals surface area (Å²) in [6.07, 6.45) is 1.09. The highest BCUT2D eigenvalue weighted by molar-refractivity contribution is 7.99. The van der Waals surface area contributed by atoms with Crippen LogP contribution < -0.4 is 0 Å². The molecule has 0 spiro atoms. The van der Waals surface area contributed by atoms with Gasteiger partial charge in [0.05, 0.1) is 11.2 Å². The van der Waals surface area contributed by atoms with Crippen LogP contribution in [0.4, 0.5) is 0 Å². The Balaban J connectivity index is 2.13. The van der Waals surface area contributed by atoms with Crippen molar-refractivity contribution in [2.24, 2.45) is 0 Å². The van der Waals surface area contributed by atoms with E-state index in [1.165, 1.54) is 27.1 Å². The normalized spacial score (nSPS) is 13.7. The van der Waals surface area contributed by atoms with Gasteiger partial charge in [-0.1, -0.05) is 48.5 Å². The number of hydrogen-bond acceptors (Lipinski definition) is 2. The highest BCUT2D eigenvalue weighted by Crippen LogP contribution is 2.42. The van der Waals surface area contributed by atoms with E-state index >= 15 is 0 Å². The van der Waals surface area contributed by atoms with Crippen LogP contribution in [0.5, 0.6) is 0 Å². The highest BCUT2D eigenvalue weighted by atomic mass is 32.2. The SMILES string of the molecule is c1ccc(-c2c3c(nc4ccccc24)CCS3)cc1. The van der Waals surface area contributed by atoms with Crippen LogP contribution in [-0.2, 0) is 6.42 Å². The lowest BCUT2D eigenvalue weighted by Crippen LogP contribution is -1.92. The van der Waals surface area contributed by atoms with E-state index in [-0.39, 0.29) is 0 Å². The van der Waals surface area contributed by atoms with Crippen molar-refractivity contribution in [3.8, 4) is 11.1 Å². The molecule has 4 rings (SSSR count). The molecule has 3 aromatic rings. The van der Waals surface area contributed by atoms with Crippen molar-refractivity contribution < 1.29 is 0 Å². The van der Waals surface area contributed by atoms with E-state index in [2.05, 4.69) is 54.6 Å². The van der Waals surface area contributed by atoms with Gasteiger partial charge in [-0.15, -0.1) is 11.8 Å². The van der Waals surface area contributed by atoms with Gasteiger partial charge in [-0.05, 0) is 11.6 Å². The van der Waals surface area contributed by atoms with Gasteiger partial charge in [0.15, 0.2) is 0 Å². The maximum Gasteiger partial charge on any atom is 0.0712 e. The number of rotatable bonds is 1. The number of benzene rings is 2. The van der Waals surface area contributed by atoms with E-state index in [0.29, 0.717) is 0 Å². The molecule has 1 aromatic heterocycles. The van der Waals surface area contributed by atoms with Crippen molar-refractivity contribution in [2.75, 3.05) is 5.75 Å². The Kier molecular flexibility index (Phi) is 2.56. The molecule has 0 radical (unpaired) electrons. The number of nitrogens with zero attached hydrogens (tertiary/aromatic N) is 1. The topological polar surface area (TPSA) is 12.9 Å². The predicted molar refractivity (Wildman–Crippen MR) is 81.6 cm³/mol. The molecular formula is C17H13NS. The molecule has 19 heavy (non-hydrogen) atoms. The van der Waals surface area contributed by atoms with E-state index in [1.807, 2.05) is 11.8 Å². The van der Waals surface area contributed by atoms with E-state index in [9.17, 15) is 0 Å². The fourth-order valence-electron chi connectivity index (χ4n) is 2.71. The lowest BCUT2D eigenvalue weighted by atomic mass is 9.99. The van der Waals surface area contributed by atoms with E-state index in [0.717, 1.165) is 17.7 Å². The first kappa shape index (κ1) is 11.1. The number of aromatic nitrogens is 1. The molecular weight excluding hydrogens is 250 g/mol. The summed E-state index contributed by atoms with van der Waals surface area (Å²) in [5.41, 5.74) is 5.04. The summed E-state index contributed by atoms with van der Waals surface area (Å²) < 4.78 is 0. The zero-order chi connectivity index (χ0) is 12.7. The minimum Gasteiger partial charge on any atom is -0.252 e. The first-order chi connectivity index (χ1) is 9.43. The average molecular weight is 263 g/mol. The molecule has 1 aliphatic heterocycles. The molecule has 0 saturated carbocycles. The minimum absolute atomic E-state index is 1.09. The molecule has 1 aliphatic rings. The highest BCUT2D eigenvalue weighted by Gasteiger charge is 2.20. The van der Waals surface area contributed by atoms with Crippen LogP contribution in [0.1, 0.15) is 5.69 Å². The molecule has 0 unspecified atom stereocenters. The summed E-state index contributed by atoms with van der Waals surface area (Å²) in [4.78, 5) is 6.20. The van der Waals surface area contributed by atoms with E-state index in [1.54, 1.807) is 0 Å². The van der Waals surface area contributed by atoms with Gasteiger partial charge in [-0.2, -0.15) is 0 Å². The van der Waals surface area contributed by atoms with Crippen molar-refractivity contribution in [2.45, 2.75) is 11.3 Å². The van der Waals surface area contributed by atoms with E-state index in [4.69, 9.17) is 4.98 Å². The number of fused-ring (bicyclic) bond motifs is 2. The summed E-state index contributed by atoms with van der Waals surface area (Å²) in [6, 6.07) is 19.1. The Labute approximate surface area is 116 Å². The minimum atomic E-state index is 1.09. The van der Waals surface area contributed by atoms with Gasteiger partial charge in [0.25, 0.3) is 0 Å². The molecule has 0 atom stereocenters. The second-order valence-corrected chi connectivity index (χ2v) is 5.85.